The average Bonchev–Trinajstić information content (AvgIpc) is 1.60. The molecule has 5 heterocycles. The predicted octanol–water partition coefficient (Wildman–Crippen LogP) is 22.3. The maximum Gasteiger partial charge on any atom is 0.349 e. The number of ketones is 1. The van der Waals surface area contributed by atoms with Crippen molar-refractivity contribution in [2.45, 2.75) is 153 Å². The maximum atomic E-state index is 12.8. The van der Waals surface area contributed by atoms with Gasteiger partial charge in [0.25, 0.3) is 11.7 Å². The van der Waals surface area contributed by atoms with E-state index < -0.39 is 33.2 Å². The molecule has 122 heavy (non-hydrogen) atoms. The lowest BCUT2D eigenvalue weighted by atomic mass is 10.0. The molecule has 0 aliphatic rings. The molecule has 1 amide bonds. The summed E-state index contributed by atoms with van der Waals surface area (Å²) in [5.74, 6) is -0.352. The van der Waals surface area contributed by atoms with Gasteiger partial charge in [0.15, 0.2) is 11.2 Å². The van der Waals surface area contributed by atoms with Crippen molar-refractivity contribution in [3.8, 4) is 28.7 Å². The number of Topliss-reactive ketones (excluding diaryl/α,β-unsaturated/α-hetero) is 1. The van der Waals surface area contributed by atoms with Gasteiger partial charge in [-0.15, -0.1) is 12.4 Å². The molecular formula is C101H112BrClN6O13. The van der Waals surface area contributed by atoms with Crippen LogP contribution in [0.1, 0.15) is 136 Å². The van der Waals surface area contributed by atoms with Crippen LogP contribution in [0.15, 0.2) is 267 Å². The number of rotatable bonds is 23. The number of esters is 3. The first-order valence-electron chi connectivity index (χ1n) is 40.0. The molecule has 15 rings (SSSR count). The highest BCUT2D eigenvalue weighted by Crippen LogP contribution is 2.39. The monoisotopic (exact) mass is 1730 g/mol. The molecule has 638 valence electrons. The summed E-state index contributed by atoms with van der Waals surface area (Å²) in [4.78, 5) is 63.0. The standard InChI is InChI=1S/C24H26N2O5.C23H21NO.C22H25NO3.C16H15NO.C9H9NO.C6H11BrO2.CH4.ClH/c1-5-30-23(29)24(3,4)31-18-13-9-12-17-20(18)19(21(27)22(25)28)15(2)26(17)14-16-10-7-6-8-11-16;1-18-15-21-22(24(18)16-19-9-4-2-5-10-19)13-8-14-23(21)25-17-20-11-6-3-7-12-20;1-5-25-21(24)22(3,4)26-20-13-9-12-19-18(20)14-16(2)23(19)15-17-10-7-6-8-11-17;1-12-10-14-15(8-5-9-16(14)18)17(12)11-13-6-3-2-4-7-13;1-6-5-7-8(10-6)3-2-4-9(7)11;1-4-9-5(8)6(2,3)7;;/h6-13H,5,14H2,1-4H3,(H2,25,28);2-15H,16-17H2,1H3;6-14H,5,15H2,1-4H3;2-10,18H,11H2,1H3;2-5,10-11H,1H3;4H2,1-3H3;1H4;1H. The van der Waals surface area contributed by atoms with E-state index in [2.05, 4.69) is 159 Å². The molecule has 15 aromatic rings. The van der Waals surface area contributed by atoms with E-state index in [0.717, 1.165) is 80.7 Å². The molecule has 0 aliphatic heterocycles. The first kappa shape index (κ1) is 94.7. The van der Waals surface area contributed by atoms with Crippen molar-refractivity contribution >= 4 is 112 Å². The number of ether oxygens (including phenoxy) is 6. The van der Waals surface area contributed by atoms with Gasteiger partial charge in [0, 0.05) is 81.7 Å². The molecule has 0 bridgehead atoms. The molecule has 0 aliphatic carbocycles. The Kier molecular flexibility index (Phi) is 33.7. The summed E-state index contributed by atoms with van der Waals surface area (Å²) in [6.45, 7) is 30.1. The first-order valence-corrected chi connectivity index (χ1v) is 40.8. The molecular weight excluding hydrogens is 1620 g/mol. The van der Waals surface area contributed by atoms with Crippen LogP contribution in [0.5, 0.6) is 28.7 Å². The van der Waals surface area contributed by atoms with Gasteiger partial charge < -0.3 is 67.6 Å². The van der Waals surface area contributed by atoms with Gasteiger partial charge in [-0.25, -0.2) is 9.59 Å². The number of nitrogens with one attached hydrogen (secondary N) is 1. The second kappa shape index (κ2) is 43.4. The number of nitrogens with two attached hydrogens (primary N) is 1. The largest absolute Gasteiger partial charge is 0.507 e. The number of aromatic hydroxyl groups is 2. The molecule has 0 spiro atoms. The molecule has 21 heteroatoms. The van der Waals surface area contributed by atoms with Crippen LogP contribution >= 0.6 is 28.3 Å². The van der Waals surface area contributed by atoms with E-state index >= 15 is 0 Å². The van der Waals surface area contributed by atoms with Gasteiger partial charge >= 0.3 is 17.9 Å². The highest BCUT2D eigenvalue weighted by Gasteiger charge is 2.35. The van der Waals surface area contributed by atoms with E-state index in [1.54, 1.807) is 93.5 Å². The molecule has 0 fully saturated rings. The van der Waals surface area contributed by atoms with E-state index in [-0.39, 0.29) is 43.9 Å². The molecule has 0 radical (unpaired) electrons. The minimum Gasteiger partial charge on any atom is -0.507 e. The van der Waals surface area contributed by atoms with Crippen molar-refractivity contribution in [3.05, 3.63) is 329 Å². The molecule has 5 aromatic heterocycles. The van der Waals surface area contributed by atoms with Crippen LogP contribution in [0.3, 0.4) is 0 Å². The van der Waals surface area contributed by atoms with Gasteiger partial charge in [-0.2, -0.15) is 0 Å². The minimum absolute atomic E-state index is 0. The zero-order valence-corrected chi connectivity index (χ0v) is 73.5. The number of carbonyl (C=O) groups excluding carboxylic acids is 5. The van der Waals surface area contributed by atoms with Crippen LogP contribution in [0.2, 0.25) is 0 Å². The fraction of sp³-hybridized carbons (Fsp3) is 0.257. The van der Waals surface area contributed by atoms with Gasteiger partial charge in [-0.05, 0) is 210 Å². The number of aryl methyl sites for hydroxylation is 4. The summed E-state index contributed by atoms with van der Waals surface area (Å²) in [5, 5.41) is 23.7. The number of aromatic amines is 1. The summed E-state index contributed by atoms with van der Waals surface area (Å²) >= 11 is 3.17. The van der Waals surface area contributed by atoms with Crippen LogP contribution in [0.4, 0.5) is 0 Å². The van der Waals surface area contributed by atoms with Crippen molar-refractivity contribution in [1.29, 1.82) is 0 Å². The summed E-state index contributed by atoms with van der Waals surface area (Å²) in [6, 6.07) is 88.3. The van der Waals surface area contributed by atoms with Crippen LogP contribution in [0, 0.1) is 34.6 Å². The highest BCUT2D eigenvalue weighted by atomic mass is 79.9. The molecule has 0 atom stereocenters. The third kappa shape index (κ3) is 24.3. The SMILES string of the molecule is C.CCOC(=O)C(C)(C)Br.CCOC(=O)C(C)(C)Oc1cccc2c1c(C(=O)C(N)=O)c(C)n2Cc1ccccc1.CCOC(=O)C(C)(C)Oc1cccc2c1cc(C)n2Cc1ccccc1.Cc1cc2c(O)cccc2[nH]1.Cc1cc2c(O)cccc2n1Cc1ccccc1.Cc1cc2c(OCc3ccccc3)cccc2n1Cc1ccccc1.Cl. The lowest BCUT2D eigenvalue weighted by Gasteiger charge is -2.24. The van der Waals surface area contributed by atoms with Crippen molar-refractivity contribution in [1.82, 2.24) is 23.3 Å². The van der Waals surface area contributed by atoms with Crippen LogP contribution in [-0.2, 0) is 66.2 Å². The van der Waals surface area contributed by atoms with Crippen molar-refractivity contribution in [3.63, 3.8) is 0 Å². The molecule has 5 N–H and O–H groups in total. The second-order valence-electron chi connectivity index (χ2n) is 30.4. The number of phenolic OH excluding ortho intramolecular Hbond substituents is 2. The molecule has 10 aromatic carbocycles. The Morgan fingerprint density at radius 3 is 1.16 bits per heavy atom. The summed E-state index contributed by atoms with van der Waals surface area (Å²) in [6.07, 6.45) is 0. The normalized spacial score (nSPS) is 11.0. The molecule has 0 unspecified atom stereocenters. The zero-order chi connectivity index (χ0) is 86.4. The van der Waals surface area contributed by atoms with Gasteiger partial charge in [-0.3, -0.25) is 14.4 Å². The number of alkyl halides is 1. The smallest absolute Gasteiger partial charge is 0.349 e. The average molecular weight is 1730 g/mol. The van der Waals surface area contributed by atoms with Gasteiger partial charge in [-0.1, -0.05) is 205 Å². The van der Waals surface area contributed by atoms with E-state index in [9.17, 15) is 34.2 Å². The summed E-state index contributed by atoms with van der Waals surface area (Å²) in [7, 11) is 0. The number of hydrogen-bond donors (Lipinski definition) is 4. The zero-order valence-electron chi connectivity index (χ0n) is 71.1. The molecule has 19 nitrogen and oxygen atoms in total. The number of amides is 1. The molecule has 0 saturated heterocycles. The Hall–Kier alpha value is -12.8. The highest BCUT2D eigenvalue weighted by molar-refractivity contribution is 9.10. The Balaban J connectivity index is 0.000000188. The third-order valence-electron chi connectivity index (χ3n) is 19.9. The number of hydrogen-bond acceptors (Lipinski definition) is 13. The van der Waals surface area contributed by atoms with Crippen molar-refractivity contribution in [2.75, 3.05) is 19.8 Å². The van der Waals surface area contributed by atoms with Crippen LogP contribution in [0.25, 0.3) is 54.5 Å². The third-order valence-corrected chi connectivity index (χ3v) is 20.2. The predicted molar refractivity (Wildman–Crippen MR) is 496 cm³/mol. The number of benzene rings is 10. The number of aromatic nitrogens is 5. The number of phenols is 2. The Morgan fingerprint density at radius 1 is 0.402 bits per heavy atom. The van der Waals surface area contributed by atoms with Crippen LogP contribution < -0.4 is 19.9 Å². The molecule has 0 saturated carbocycles. The van der Waals surface area contributed by atoms with Gasteiger partial charge in [0.1, 0.15) is 39.7 Å². The Bertz CT molecular complexity index is 5990. The fourth-order valence-corrected chi connectivity index (χ4v) is 13.9. The number of nitrogens with zero attached hydrogens (tertiary/aromatic N) is 4. The van der Waals surface area contributed by atoms with Crippen molar-refractivity contribution < 1.29 is 62.6 Å². The quantitative estimate of drug-likeness (QED) is 0.0153. The summed E-state index contributed by atoms with van der Waals surface area (Å²) < 4.78 is 41.4. The van der Waals surface area contributed by atoms with E-state index in [1.165, 1.54) is 38.9 Å². The fourth-order valence-electron chi connectivity index (χ4n) is 13.8. The number of halogens is 2. The van der Waals surface area contributed by atoms with Gasteiger partial charge in [0.05, 0.1) is 52.8 Å². The second-order valence-corrected chi connectivity index (χ2v) is 32.3. The Morgan fingerprint density at radius 2 is 0.746 bits per heavy atom. The van der Waals surface area contributed by atoms with Crippen molar-refractivity contribution in [2.24, 2.45) is 5.73 Å². The van der Waals surface area contributed by atoms with Crippen LogP contribution in [-0.4, -0.2) is 98.4 Å². The minimum atomic E-state index is -1.30. The first-order chi connectivity index (χ1) is 57.4. The lowest BCUT2D eigenvalue weighted by molar-refractivity contribution is -0.159. The number of primary amides is 1. The van der Waals surface area contributed by atoms with E-state index in [0.29, 0.717) is 66.0 Å². The number of H-pyrrole nitrogens is 1. The Labute approximate surface area is 729 Å². The topological polar surface area (TPSA) is 243 Å². The van der Waals surface area contributed by atoms with E-state index in [1.807, 2.05) is 151 Å². The maximum absolute atomic E-state index is 12.8. The number of fused-ring (bicyclic) bond motifs is 5. The van der Waals surface area contributed by atoms with E-state index in [4.69, 9.17) is 34.2 Å². The summed E-state index contributed by atoms with van der Waals surface area (Å²) in [5.41, 5.74) is 19.5. The number of carbonyl (C=O) groups is 5. The lowest BCUT2D eigenvalue weighted by Crippen LogP contribution is -2.39. The van der Waals surface area contributed by atoms with Gasteiger partial charge in [0.2, 0.25) is 0 Å².